The number of nitrogens with zero attached hydrogens (tertiary/aromatic N) is 9. The summed E-state index contributed by atoms with van der Waals surface area (Å²) in [6, 6.07) is 12.6. The van der Waals surface area contributed by atoms with Crippen molar-refractivity contribution in [1.29, 1.82) is 0 Å². The van der Waals surface area contributed by atoms with Gasteiger partial charge in [0, 0.05) is 65.5 Å². The molecule has 3 aliphatic rings. The van der Waals surface area contributed by atoms with Gasteiger partial charge >= 0.3 is 5.69 Å². The molecule has 63 heavy (non-hydrogen) atoms. The van der Waals surface area contributed by atoms with Crippen molar-refractivity contribution in [3.05, 3.63) is 105 Å². The third-order valence-corrected chi connectivity index (χ3v) is 12.1. The van der Waals surface area contributed by atoms with Crippen LogP contribution in [0.5, 0.6) is 0 Å². The number of piperidine rings is 2. The lowest BCUT2D eigenvalue weighted by Crippen LogP contribution is -2.44. The standard InChI is InChI=1S/C43H46FN13O6/c1-45-30-19-34(51-57-33(21-47-38(30)57)40(60)49-29-18-27(29)44)48-28-7-5-15-55(42(28)62)35-11-9-25(20-46-35)41(61)52(2)22-24-13-16-54(17-14-24)23-26-6-4-8-31-37(26)53(3)43(63)56(31)32-10-12-36(58)50-39(32)59/h4-9,11,15,19-21,24,27,29,32,45H,10,12-14,16-18,22-23H2,1-3H3,(H,48,51)(H,49,60)(H,50,58,59)/t27-,29+,32?/m0/s1. The van der Waals surface area contributed by atoms with Crippen molar-refractivity contribution < 1.29 is 23.6 Å². The molecule has 2 saturated heterocycles. The van der Waals surface area contributed by atoms with E-state index in [0.717, 1.165) is 37.0 Å². The molecule has 1 saturated carbocycles. The van der Waals surface area contributed by atoms with Gasteiger partial charge in [0.1, 0.15) is 23.7 Å². The average Bonchev–Trinajstić information content (AvgIpc) is 3.68. The molecular weight excluding hydrogens is 814 g/mol. The number of aromatic nitrogens is 7. The predicted molar refractivity (Wildman–Crippen MR) is 230 cm³/mol. The van der Waals surface area contributed by atoms with Crippen LogP contribution in [-0.2, 0) is 23.2 Å². The van der Waals surface area contributed by atoms with Gasteiger partial charge in [0.15, 0.2) is 17.2 Å². The summed E-state index contributed by atoms with van der Waals surface area (Å²) in [5, 5.41) is 15.6. The maximum absolute atomic E-state index is 13.7. The van der Waals surface area contributed by atoms with Crippen LogP contribution < -0.4 is 32.5 Å². The van der Waals surface area contributed by atoms with Gasteiger partial charge in [-0.15, -0.1) is 5.10 Å². The van der Waals surface area contributed by atoms with Crippen LogP contribution in [0.4, 0.5) is 21.6 Å². The van der Waals surface area contributed by atoms with Crippen LogP contribution in [0.1, 0.15) is 64.6 Å². The van der Waals surface area contributed by atoms with Crippen molar-refractivity contribution in [3.63, 3.8) is 0 Å². The van der Waals surface area contributed by atoms with E-state index in [4.69, 9.17) is 0 Å². The van der Waals surface area contributed by atoms with Gasteiger partial charge in [0.25, 0.3) is 17.4 Å². The minimum Gasteiger partial charge on any atom is -0.385 e. The molecule has 0 radical (unpaired) electrons. The van der Waals surface area contributed by atoms with Gasteiger partial charge in [0.2, 0.25) is 11.8 Å². The van der Waals surface area contributed by atoms with Gasteiger partial charge in [0.05, 0.1) is 34.5 Å². The first-order chi connectivity index (χ1) is 30.4. The number of anilines is 3. The molecule has 0 bridgehead atoms. The maximum atomic E-state index is 13.7. The number of carbonyl (C=O) groups excluding carboxylic acids is 4. The fraction of sp³-hybridized carbons (Fsp3) is 0.372. The monoisotopic (exact) mass is 859 g/mol. The minimum atomic E-state index is -1.07. The number of hydrogen-bond donors (Lipinski definition) is 4. The van der Waals surface area contributed by atoms with Crippen molar-refractivity contribution in [3.8, 4) is 5.82 Å². The Morgan fingerprint density at radius 1 is 0.984 bits per heavy atom. The fourth-order valence-corrected chi connectivity index (χ4v) is 8.62. The molecule has 326 valence electrons. The lowest BCUT2D eigenvalue weighted by molar-refractivity contribution is -0.135. The third kappa shape index (κ3) is 7.92. The zero-order valence-electron chi connectivity index (χ0n) is 34.9. The molecule has 1 aromatic carbocycles. The number of para-hydroxylation sites is 1. The molecule has 4 amide bonds. The topological polar surface area (TPSA) is 215 Å². The quantitative estimate of drug-likeness (QED) is 0.131. The number of imide groups is 1. The zero-order chi connectivity index (χ0) is 44.1. The molecule has 4 N–H and O–H groups in total. The number of benzene rings is 1. The van der Waals surface area contributed by atoms with Gasteiger partial charge in [-0.3, -0.25) is 47.9 Å². The minimum absolute atomic E-state index is 0.115. The van der Waals surface area contributed by atoms with Crippen molar-refractivity contribution in [2.75, 3.05) is 44.4 Å². The summed E-state index contributed by atoms with van der Waals surface area (Å²) in [5.74, 6) is -0.675. The highest BCUT2D eigenvalue weighted by molar-refractivity contribution is 6.00. The molecule has 7 heterocycles. The second-order valence-electron chi connectivity index (χ2n) is 16.4. The number of hydrogen-bond acceptors (Lipinski definition) is 12. The number of aryl methyl sites for hydroxylation is 1. The van der Waals surface area contributed by atoms with Crippen LogP contribution in [-0.4, -0.2) is 113 Å². The first-order valence-electron chi connectivity index (χ1n) is 20.9. The number of imidazole rings is 2. The van der Waals surface area contributed by atoms with Crippen molar-refractivity contribution in [1.82, 2.24) is 53.7 Å². The SMILES string of the molecule is CNc1cc(Nc2cccn(-c3ccc(C(=O)N(C)CC4CCN(Cc5cccc6c5n(C)c(=O)n6C5CCC(=O)NC5=O)CC4)cn3)c2=O)nn2c(C(=O)N[C@@H]3C[C@@H]3F)cnc12. The number of halogens is 1. The fourth-order valence-electron chi connectivity index (χ4n) is 8.62. The molecule has 0 spiro atoms. The number of fused-ring (bicyclic) bond motifs is 2. The first-order valence-corrected chi connectivity index (χ1v) is 20.9. The summed E-state index contributed by atoms with van der Waals surface area (Å²) in [4.78, 5) is 90.8. The number of carbonyl (C=O) groups is 4. The second kappa shape index (κ2) is 16.6. The second-order valence-corrected chi connectivity index (χ2v) is 16.4. The van der Waals surface area contributed by atoms with Crippen LogP contribution in [0.25, 0.3) is 22.5 Å². The highest BCUT2D eigenvalue weighted by Gasteiger charge is 2.39. The normalized spacial score (nSPS) is 19.3. The number of alkyl halides is 1. The maximum Gasteiger partial charge on any atom is 0.329 e. The molecule has 9 rings (SSSR count). The van der Waals surface area contributed by atoms with Crippen molar-refractivity contribution in [2.45, 2.75) is 56.9 Å². The van der Waals surface area contributed by atoms with E-state index in [0.29, 0.717) is 41.3 Å². The molecule has 1 unspecified atom stereocenters. The summed E-state index contributed by atoms with van der Waals surface area (Å²) in [6.45, 7) is 2.77. The summed E-state index contributed by atoms with van der Waals surface area (Å²) < 4.78 is 19.2. The number of amides is 4. The molecule has 3 fully saturated rings. The van der Waals surface area contributed by atoms with Gasteiger partial charge < -0.3 is 20.9 Å². The lowest BCUT2D eigenvalue weighted by Gasteiger charge is -2.34. The summed E-state index contributed by atoms with van der Waals surface area (Å²) in [5.41, 5.74) is 3.26. The smallest absolute Gasteiger partial charge is 0.329 e. The number of rotatable bonds is 12. The van der Waals surface area contributed by atoms with Crippen molar-refractivity contribution >= 4 is 57.5 Å². The molecule has 1 aliphatic carbocycles. The van der Waals surface area contributed by atoms with Gasteiger partial charge in [-0.1, -0.05) is 12.1 Å². The van der Waals surface area contributed by atoms with E-state index in [2.05, 4.69) is 41.2 Å². The average molecular weight is 860 g/mol. The van der Waals surface area contributed by atoms with Gasteiger partial charge in [-0.25, -0.2) is 23.7 Å². The van der Waals surface area contributed by atoms with Crippen LogP contribution in [0.3, 0.4) is 0 Å². The van der Waals surface area contributed by atoms with E-state index in [-0.39, 0.29) is 59.9 Å². The van der Waals surface area contributed by atoms with Gasteiger partial charge in [-0.05, 0) is 74.2 Å². The number of likely N-dealkylation sites (tertiary alicyclic amines) is 1. The molecule has 5 aromatic heterocycles. The van der Waals surface area contributed by atoms with Crippen LogP contribution in [0, 0.1) is 5.92 Å². The van der Waals surface area contributed by atoms with Crippen LogP contribution in [0.2, 0.25) is 0 Å². The van der Waals surface area contributed by atoms with Crippen LogP contribution in [0.15, 0.2) is 76.7 Å². The lowest BCUT2D eigenvalue weighted by atomic mass is 9.95. The Balaban J connectivity index is 0.821. The Morgan fingerprint density at radius 3 is 2.49 bits per heavy atom. The van der Waals surface area contributed by atoms with Crippen LogP contribution >= 0.6 is 0 Å². The molecule has 6 aromatic rings. The largest absolute Gasteiger partial charge is 0.385 e. The van der Waals surface area contributed by atoms with E-state index in [1.54, 1.807) is 67.1 Å². The van der Waals surface area contributed by atoms with E-state index in [9.17, 15) is 33.2 Å². The first kappa shape index (κ1) is 41.1. The molecular formula is C43H46FN13O6. The number of nitrogens with one attached hydrogen (secondary N) is 4. The van der Waals surface area contributed by atoms with E-state index in [1.165, 1.54) is 26.0 Å². The molecule has 19 nitrogen and oxygen atoms in total. The summed E-state index contributed by atoms with van der Waals surface area (Å²) in [6.07, 6.45) is 5.77. The Labute approximate surface area is 358 Å². The number of pyridine rings is 2. The molecule has 2 aliphatic heterocycles. The Hall–Kier alpha value is -7.22. The highest BCUT2D eigenvalue weighted by Crippen LogP contribution is 2.29. The predicted octanol–water partition coefficient (Wildman–Crippen LogP) is 2.52. The summed E-state index contributed by atoms with van der Waals surface area (Å²) >= 11 is 0. The third-order valence-electron chi connectivity index (χ3n) is 12.1. The summed E-state index contributed by atoms with van der Waals surface area (Å²) in [7, 11) is 5.17. The Kier molecular flexibility index (Phi) is 10.8. The van der Waals surface area contributed by atoms with E-state index in [1.807, 2.05) is 18.2 Å². The molecule has 3 atom stereocenters. The van der Waals surface area contributed by atoms with E-state index < -0.39 is 35.6 Å². The van der Waals surface area contributed by atoms with Gasteiger partial charge in [-0.2, -0.15) is 0 Å². The van der Waals surface area contributed by atoms with E-state index >= 15 is 0 Å². The zero-order valence-corrected chi connectivity index (χ0v) is 34.9. The van der Waals surface area contributed by atoms with Crippen molar-refractivity contribution in [2.24, 2.45) is 13.0 Å². The Bertz CT molecular complexity index is 2910. The highest BCUT2D eigenvalue weighted by atomic mass is 19.1. The molecule has 20 heteroatoms. The Morgan fingerprint density at radius 2 is 1.78 bits per heavy atom.